The second-order valence-electron chi connectivity index (χ2n) is 4.25. The number of Topliss-reactive ketones (excluding diaryl/α,β-unsaturated/α-hetero) is 1. The quantitative estimate of drug-likeness (QED) is 0.739. The first kappa shape index (κ1) is 14.0. The van der Waals surface area contributed by atoms with Crippen LogP contribution in [0, 0.1) is 12.7 Å². The predicted molar refractivity (Wildman–Crippen MR) is 75.6 cm³/mol. The van der Waals surface area contributed by atoms with Crippen LogP contribution in [-0.4, -0.2) is 5.78 Å². The van der Waals surface area contributed by atoms with Gasteiger partial charge >= 0.3 is 0 Å². The largest absolute Gasteiger partial charge is 0.294 e. The highest BCUT2D eigenvalue weighted by Gasteiger charge is 2.13. The number of carbonyl (C=O) groups is 1. The predicted octanol–water partition coefficient (Wildman–Crippen LogP) is 4.87. The average Bonchev–Trinajstić information content (AvgIpc) is 2.36. The second-order valence-corrected chi connectivity index (χ2v) is 5.06. The third-order valence-corrected chi connectivity index (χ3v) is 3.70. The van der Waals surface area contributed by atoms with Crippen LogP contribution in [0.5, 0.6) is 0 Å². The molecule has 4 heteroatoms. The Morgan fingerprint density at radius 2 is 1.89 bits per heavy atom. The maximum Gasteiger partial charge on any atom is 0.167 e. The maximum atomic E-state index is 12.9. The number of halogens is 3. The van der Waals surface area contributed by atoms with Gasteiger partial charge in [-0.2, -0.15) is 0 Å². The summed E-state index contributed by atoms with van der Waals surface area (Å²) in [6.07, 6.45) is 0.125. The van der Waals surface area contributed by atoms with Gasteiger partial charge < -0.3 is 0 Å². The van der Waals surface area contributed by atoms with E-state index in [1.54, 1.807) is 25.1 Å². The standard InChI is InChI=1S/C15H11Cl2FO/c1-9-12(3-2-4-13(9)16)15(19)7-10-5-6-11(18)8-14(10)17/h2-6,8H,7H2,1H3. The Kier molecular flexibility index (Phi) is 4.23. The summed E-state index contributed by atoms with van der Waals surface area (Å²) in [5.41, 5.74) is 1.91. The van der Waals surface area contributed by atoms with E-state index >= 15 is 0 Å². The summed E-state index contributed by atoms with van der Waals surface area (Å²) in [5.74, 6) is -0.506. The molecule has 0 saturated carbocycles. The molecule has 0 aliphatic heterocycles. The number of benzene rings is 2. The van der Waals surface area contributed by atoms with Crippen LogP contribution in [0.15, 0.2) is 36.4 Å². The highest BCUT2D eigenvalue weighted by Crippen LogP contribution is 2.23. The number of carbonyl (C=O) groups excluding carboxylic acids is 1. The first-order valence-corrected chi connectivity index (χ1v) is 6.47. The highest BCUT2D eigenvalue weighted by molar-refractivity contribution is 6.32. The third kappa shape index (κ3) is 3.14. The zero-order chi connectivity index (χ0) is 14.0. The third-order valence-electron chi connectivity index (χ3n) is 2.93. The van der Waals surface area contributed by atoms with E-state index in [1.807, 2.05) is 0 Å². The minimum Gasteiger partial charge on any atom is -0.294 e. The lowest BCUT2D eigenvalue weighted by Crippen LogP contribution is -2.06. The van der Waals surface area contributed by atoms with E-state index < -0.39 is 5.82 Å². The van der Waals surface area contributed by atoms with E-state index in [-0.39, 0.29) is 17.2 Å². The van der Waals surface area contributed by atoms with Gasteiger partial charge in [0.25, 0.3) is 0 Å². The molecular formula is C15H11Cl2FO. The molecule has 0 aromatic heterocycles. The Morgan fingerprint density at radius 3 is 2.58 bits per heavy atom. The zero-order valence-electron chi connectivity index (χ0n) is 10.2. The lowest BCUT2D eigenvalue weighted by molar-refractivity contribution is 0.0992. The van der Waals surface area contributed by atoms with Gasteiger partial charge in [0.15, 0.2) is 5.78 Å². The van der Waals surface area contributed by atoms with Crippen LogP contribution in [0.3, 0.4) is 0 Å². The second kappa shape index (κ2) is 5.72. The van der Waals surface area contributed by atoms with E-state index in [9.17, 15) is 9.18 Å². The van der Waals surface area contributed by atoms with E-state index in [4.69, 9.17) is 23.2 Å². The van der Waals surface area contributed by atoms with E-state index in [0.717, 1.165) is 5.56 Å². The summed E-state index contributed by atoms with van der Waals surface area (Å²) in [5, 5.41) is 0.809. The Hall–Kier alpha value is -1.38. The minimum absolute atomic E-state index is 0.0893. The molecule has 0 bridgehead atoms. The fourth-order valence-electron chi connectivity index (χ4n) is 1.84. The van der Waals surface area contributed by atoms with Crippen molar-refractivity contribution in [3.05, 3.63) is 69.0 Å². The van der Waals surface area contributed by atoms with Crippen molar-refractivity contribution >= 4 is 29.0 Å². The molecule has 2 aromatic rings. The Bertz CT molecular complexity index is 638. The Labute approximate surface area is 121 Å². The Morgan fingerprint density at radius 1 is 1.16 bits per heavy atom. The number of hydrogen-bond acceptors (Lipinski definition) is 1. The average molecular weight is 297 g/mol. The summed E-state index contributed by atoms with van der Waals surface area (Å²) in [7, 11) is 0. The van der Waals surface area contributed by atoms with Crippen LogP contribution in [0.4, 0.5) is 4.39 Å². The van der Waals surface area contributed by atoms with Gasteiger partial charge in [0.2, 0.25) is 0 Å². The fourth-order valence-corrected chi connectivity index (χ4v) is 2.25. The molecule has 19 heavy (non-hydrogen) atoms. The minimum atomic E-state index is -0.417. The SMILES string of the molecule is Cc1c(Cl)cccc1C(=O)Cc1ccc(F)cc1Cl. The van der Waals surface area contributed by atoms with Crippen molar-refractivity contribution in [2.45, 2.75) is 13.3 Å². The first-order chi connectivity index (χ1) is 8.99. The van der Waals surface area contributed by atoms with E-state index in [2.05, 4.69) is 0 Å². The molecule has 2 aromatic carbocycles. The molecule has 0 amide bonds. The van der Waals surface area contributed by atoms with Crippen molar-refractivity contribution in [1.29, 1.82) is 0 Å². The molecule has 0 unspecified atom stereocenters. The van der Waals surface area contributed by atoms with Crippen molar-refractivity contribution in [3.63, 3.8) is 0 Å². The van der Waals surface area contributed by atoms with Gasteiger partial charge in [-0.25, -0.2) is 4.39 Å². The van der Waals surface area contributed by atoms with Crippen LogP contribution in [0.2, 0.25) is 10.0 Å². The lowest BCUT2D eigenvalue weighted by atomic mass is 9.99. The molecule has 98 valence electrons. The molecule has 0 N–H and O–H groups in total. The van der Waals surface area contributed by atoms with Gasteiger partial charge in [0, 0.05) is 22.0 Å². The topological polar surface area (TPSA) is 17.1 Å². The van der Waals surface area contributed by atoms with Gasteiger partial charge in [-0.15, -0.1) is 0 Å². The summed E-state index contributed by atoms with van der Waals surface area (Å²) in [4.78, 5) is 12.2. The van der Waals surface area contributed by atoms with Crippen LogP contribution in [0.25, 0.3) is 0 Å². The van der Waals surface area contributed by atoms with Crippen molar-refractivity contribution in [1.82, 2.24) is 0 Å². The van der Waals surface area contributed by atoms with Crippen molar-refractivity contribution in [3.8, 4) is 0 Å². The van der Waals surface area contributed by atoms with Crippen LogP contribution in [0.1, 0.15) is 21.5 Å². The molecule has 0 atom stereocenters. The van der Waals surface area contributed by atoms with E-state index in [0.29, 0.717) is 16.1 Å². The van der Waals surface area contributed by atoms with Crippen LogP contribution >= 0.6 is 23.2 Å². The number of rotatable bonds is 3. The zero-order valence-corrected chi connectivity index (χ0v) is 11.7. The van der Waals surface area contributed by atoms with E-state index in [1.165, 1.54) is 18.2 Å². The highest BCUT2D eigenvalue weighted by atomic mass is 35.5. The summed E-state index contributed by atoms with van der Waals surface area (Å²) < 4.78 is 12.9. The van der Waals surface area contributed by atoms with Crippen LogP contribution in [-0.2, 0) is 6.42 Å². The smallest absolute Gasteiger partial charge is 0.167 e. The summed E-state index contributed by atoms with van der Waals surface area (Å²) in [6, 6.07) is 9.21. The van der Waals surface area contributed by atoms with Crippen LogP contribution < -0.4 is 0 Å². The van der Waals surface area contributed by atoms with Gasteiger partial charge in [-0.1, -0.05) is 41.4 Å². The summed E-state index contributed by atoms with van der Waals surface area (Å²) >= 11 is 11.9. The first-order valence-electron chi connectivity index (χ1n) is 5.71. The van der Waals surface area contributed by atoms with Gasteiger partial charge in [0.1, 0.15) is 5.82 Å². The molecule has 0 radical (unpaired) electrons. The lowest BCUT2D eigenvalue weighted by Gasteiger charge is -2.07. The van der Waals surface area contributed by atoms with Gasteiger partial charge in [-0.3, -0.25) is 4.79 Å². The van der Waals surface area contributed by atoms with Crippen molar-refractivity contribution in [2.75, 3.05) is 0 Å². The molecule has 0 aliphatic rings. The maximum absolute atomic E-state index is 12.9. The molecular weight excluding hydrogens is 286 g/mol. The summed E-state index contributed by atoms with van der Waals surface area (Å²) in [6.45, 7) is 1.79. The van der Waals surface area contributed by atoms with Gasteiger partial charge in [-0.05, 0) is 36.2 Å². The number of ketones is 1. The van der Waals surface area contributed by atoms with Gasteiger partial charge in [0.05, 0.1) is 0 Å². The molecule has 2 rings (SSSR count). The molecule has 0 heterocycles. The molecule has 0 fully saturated rings. The monoisotopic (exact) mass is 296 g/mol. The number of hydrogen-bond donors (Lipinski definition) is 0. The molecule has 1 nitrogen and oxygen atoms in total. The molecule has 0 saturated heterocycles. The van der Waals surface area contributed by atoms with Crippen molar-refractivity contribution in [2.24, 2.45) is 0 Å². The molecule has 0 aliphatic carbocycles. The van der Waals surface area contributed by atoms with Crippen molar-refractivity contribution < 1.29 is 9.18 Å². The molecule has 0 spiro atoms. The Balaban J connectivity index is 2.28. The fraction of sp³-hybridized carbons (Fsp3) is 0.133. The normalized spacial score (nSPS) is 10.5.